The molecule has 3 N–H and O–H groups in total. The minimum atomic E-state index is -0.515. The Hall–Kier alpha value is -2.04. The number of aryl methyl sites for hydroxylation is 1. The second-order valence-electron chi connectivity index (χ2n) is 7.14. The average molecular weight is 372 g/mol. The van der Waals surface area contributed by atoms with Crippen LogP contribution in [0.4, 0.5) is 10.5 Å². The van der Waals surface area contributed by atoms with Gasteiger partial charge in [-0.05, 0) is 80.1 Å². The Balaban J connectivity index is 1.57. The Morgan fingerprint density at radius 1 is 1.19 bits per heavy atom. The second kappa shape index (κ2) is 8.56. The van der Waals surface area contributed by atoms with Gasteiger partial charge in [0.25, 0.3) is 0 Å². The molecule has 1 aliphatic rings. The van der Waals surface area contributed by atoms with E-state index in [9.17, 15) is 4.79 Å². The molecule has 5 heteroatoms. The van der Waals surface area contributed by atoms with E-state index in [1.807, 2.05) is 24.3 Å². The quantitative estimate of drug-likeness (QED) is 0.807. The molecule has 2 aromatic carbocycles. The zero-order chi connectivity index (χ0) is 18.5. The van der Waals surface area contributed by atoms with Crippen LogP contribution >= 0.6 is 11.6 Å². The number of halogens is 1. The van der Waals surface area contributed by atoms with Gasteiger partial charge in [-0.2, -0.15) is 0 Å². The van der Waals surface area contributed by atoms with Crippen LogP contribution in [0.2, 0.25) is 5.02 Å². The highest BCUT2D eigenvalue weighted by molar-refractivity contribution is 6.30. The molecule has 0 saturated carbocycles. The van der Waals surface area contributed by atoms with Crippen LogP contribution in [0.25, 0.3) is 0 Å². The lowest BCUT2D eigenvalue weighted by atomic mass is 9.90. The third kappa shape index (κ3) is 4.99. The number of nitrogens with two attached hydrogens (primary N) is 1. The molecule has 1 saturated heterocycles. The molecule has 2 aromatic rings. The average Bonchev–Trinajstić information content (AvgIpc) is 2.61. The summed E-state index contributed by atoms with van der Waals surface area (Å²) < 4.78 is 0. The van der Waals surface area contributed by atoms with E-state index >= 15 is 0 Å². The van der Waals surface area contributed by atoms with Gasteiger partial charge in [0.1, 0.15) is 0 Å². The van der Waals surface area contributed by atoms with Crippen LogP contribution in [-0.2, 0) is 13.0 Å². The van der Waals surface area contributed by atoms with E-state index in [1.54, 1.807) is 0 Å². The molecule has 0 unspecified atom stereocenters. The molecule has 3 rings (SSSR count). The summed E-state index contributed by atoms with van der Waals surface area (Å²) in [5, 5.41) is 3.54. The Morgan fingerprint density at radius 2 is 1.88 bits per heavy atom. The molecular weight excluding hydrogens is 346 g/mol. The van der Waals surface area contributed by atoms with Gasteiger partial charge < -0.3 is 11.1 Å². The van der Waals surface area contributed by atoms with E-state index in [4.69, 9.17) is 17.3 Å². The van der Waals surface area contributed by atoms with Crippen molar-refractivity contribution in [1.29, 1.82) is 0 Å². The Morgan fingerprint density at radius 3 is 2.54 bits per heavy atom. The van der Waals surface area contributed by atoms with Crippen molar-refractivity contribution in [3.63, 3.8) is 0 Å². The number of carbonyl (C=O) groups excluding carboxylic acids is 1. The van der Waals surface area contributed by atoms with Crippen LogP contribution in [0.15, 0.2) is 42.5 Å². The predicted molar refractivity (Wildman–Crippen MR) is 108 cm³/mol. The SMILES string of the molecule is Cc1cccc(NC(N)=O)c1CN1CCC(Cc2ccc(Cl)cc2)CC1. The summed E-state index contributed by atoms with van der Waals surface area (Å²) in [5.74, 6) is 0.715. The van der Waals surface area contributed by atoms with Crippen molar-refractivity contribution < 1.29 is 4.79 Å². The van der Waals surface area contributed by atoms with Gasteiger partial charge in [-0.25, -0.2) is 4.79 Å². The fourth-order valence-corrected chi connectivity index (χ4v) is 3.81. The number of hydrogen-bond acceptors (Lipinski definition) is 2. The van der Waals surface area contributed by atoms with E-state index in [-0.39, 0.29) is 0 Å². The summed E-state index contributed by atoms with van der Waals surface area (Å²) in [5.41, 5.74) is 9.82. The second-order valence-corrected chi connectivity index (χ2v) is 7.58. The fourth-order valence-electron chi connectivity index (χ4n) is 3.69. The molecule has 26 heavy (non-hydrogen) atoms. The molecule has 0 aliphatic carbocycles. The first-order chi connectivity index (χ1) is 12.5. The van der Waals surface area contributed by atoms with Crippen LogP contribution in [0.1, 0.15) is 29.5 Å². The van der Waals surface area contributed by atoms with Gasteiger partial charge in [-0.3, -0.25) is 4.90 Å². The first-order valence-electron chi connectivity index (χ1n) is 9.13. The summed E-state index contributed by atoms with van der Waals surface area (Å²) in [6, 6.07) is 13.6. The van der Waals surface area contributed by atoms with Gasteiger partial charge in [0.2, 0.25) is 0 Å². The summed E-state index contributed by atoms with van der Waals surface area (Å²) in [6.07, 6.45) is 3.49. The normalized spacial score (nSPS) is 15.8. The number of urea groups is 1. The lowest BCUT2D eigenvalue weighted by Gasteiger charge is -2.33. The number of amides is 2. The molecule has 0 radical (unpaired) electrons. The van der Waals surface area contributed by atoms with E-state index < -0.39 is 6.03 Å². The molecule has 0 aromatic heterocycles. The third-order valence-corrected chi connectivity index (χ3v) is 5.45. The number of carbonyl (C=O) groups is 1. The minimum absolute atomic E-state index is 0.515. The van der Waals surface area contributed by atoms with Gasteiger partial charge >= 0.3 is 6.03 Å². The number of anilines is 1. The number of primary amides is 1. The number of rotatable bonds is 5. The lowest BCUT2D eigenvalue weighted by Crippen LogP contribution is -2.34. The van der Waals surface area contributed by atoms with Crippen molar-refractivity contribution in [2.75, 3.05) is 18.4 Å². The zero-order valence-corrected chi connectivity index (χ0v) is 15.9. The van der Waals surface area contributed by atoms with E-state index in [0.29, 0.717) is 5.92 Å². The number of benzene rings is 2. The highest BCUT2D eigenvalue weighted by Crippen LogP contribution is 2.26. The zero-order valence-electron chi connectivity index (χ0n) is 15.2. The van der Waals surface area contributed by atoms with Crippen LogP contribution < -0.4 is 11.1 Å². The van der Waals surface area contributed by atoms with Crippen LogP contribution in [0, 0.1) is 12.8 Å². The third-order valence-electron chi connectivity index (χ3n) is 5.19. The number of hydrogen-bond donors (Lipinski definition) is 2. The van der Waals surface area contributed by atoms with Gasteiger partial charge in [-0.15, -0.1) is 0 Å². The summed E-state index contributed by atoms with van der Waals surface area (Å²) in [7, 11) is 0. The molecular formula is C21H26ClN3O. The van der Waals surface area contributed by atoms with Crippen LogP contribution in [-0.4, -0.2) is 24.0 Å². The minimum Gasteiger partial charge on any atom is -0.351 e. The van der Waals surface area contributed by atoms with Crippen molar-refractivity contribution >= 4 is 23.3 Å². The maximum Gasteiger partial charge on any atom is 0.316 e. The standard InChI is InChI=1S/C21H26ClN3O/c1-15-3-2-4-20(24-21(23)26)19(15)14-25-11-9-17(10-12-25)13-16-5-7-18(22)8-6-16/h2-8,17H,9-14H2,1H3,(H3,23,24,26). The first kappa shape index (κ1) is 18.7. The van der Waals surface area contributed by atoms with Gasteiger partial charge in [-0.1, -0.05) is 35.9 Å². The Kier molecular flexibility index (Phi) is 6.17. The smallest absolute Gasteiger partial charge is 0.316 e. The molecule has 1 aliphatic heterocycles. The molecule has 0 spiro atoms. The van der Waals surface area contributed by atoms with E-state index in [1.165, 1.54) is 24.0 Å². The first-order valence-corrected chi connectivity index (χ1v) is 9.51. The summed E-state index contributed by atoms with van der Waals surface area (Å²) >= 11 is 5.97. The van der Waals surface area contributed by atoms with E-state index in [2.05, 4.69) is 35.3 Å². The van der Waals surface area contributed by atoms with Gasteiger partial charge in [0.15, 0.2) is 0 Å². The lowest BCUT2D eigenvalue weighted by molar-refractivity contribution is 0.177. The highest BCUT2D eigenvalue weighted by Gasteiger charge is 2.21. The van der Waals surface area contributed by atoms with Crippen molar-refractivity contribution in [2.24, 2.45) is 11.7 Å². The van der Waals surface area contributed by atoms with Gasteiger partial charge in [0.05, 0.1) is 0 Å². The van der Waals surface area contributed by atoms with Crippen molar-refractivity contribution in [3.05, 3.63) is 64.2 Å². The molecule has 138 valence electrons. The Labute approximate surface area is 160 Å². The number of piperidine rings is 1. The van der Waals surface area contributed by atoms with Crippen molar-refractivity contribution in [1.82, 2.24) is 4.90 Å². The molecule has 0 bridgehead atoms. The van der Waals surface area contributed by atoms with Crippen molar-refractivity contribution in [3.8, 4) is 0 Å². The largest absolute Gasteiger partial charge is 0.351 e. The van der Waals surface area contributed by atoms with Gasteiger partial charge in [0, 0.05) is 17.3 Å². The van der Waals surface area contributed by atoms with Crippen LogP contribution in [0.5, 0.6) is 0 Å². The Bertz CT molecular complexity index is 752. The van der Waals surface area contributed by atoms with E-state index in [0.717, 1.165) is 42.3 Å². The van der Waals surface area contributed by atoms with Crippen LogP contribution in [0.3, 0.4) is 0 Å². The van der Waals surface area contributed by atoms with Crippen molar-refractivity contribution in [2.45, 2.75) is 32.7 Å². The summed E-state index contributed by atoms with van der Waals surface area (Å²) in [4.78, 5) is 13.7. The summed E-state index contributed by atoms with van der Waals surface area (Å²) in [6.45, 7) is 5.07. The molecule has 0 atom stereocenters. The molecule has 1 heterocycles. The predicted octanol–water partition coefficient (Wildman–Crippen LogP) is 4.59. The fraction of sp³-hybridized carbons (Fsp3) is 0.381. The maximum atomic E-state index is 11.3. The highest BCUT2D eigenvalue weighted by atomic mass is 35.5. The monoisotopic (exact) mass is 371 g/mol. The number of likely N-dealkylation sites (tertiary alicyclic amines) is 1. The maximum absolute atomic E-state index is 11.3. The molecule has 2 amide bonds. The number of nitrogens with one attached hydrogen (secondary N) is 1. The topological polar surface area (TPSA) is 58.4 Å². The molecule has 1 fully saturated rings. The molecule has 4 nitrogen and oxygen atoms in total. The number of nitrogens with zero attached hydrogens (tertiary/aromatic N) is 1.